The molecule has 1 saturated heterocycles. The number of aliphatic hydroxyl groups excluding tert-OH is 1. The van der Waals surface area contributed by atoms with Gasteiger partial charge in [0.05, 0.1) is 30.8 Å². The number of rotatable bonds is 2. The maximum atomic E-state index is 11.4. The molecule has 3 rings (SSSR count). The van der Waals surface area contributed by atoms with Crippen LogP contribution in [-0.2, 0) is 17.2 Å². The third-order valence-corrected chi connectivity index (χ3v) is 3.46. The van der Waals surface area contributed by atoms with E-state index in [9.17, 15) is 9.90 Å². The van der Waals surface area contributed by atoms with E-state index in [1.54, 1.807) is 13.1 Å². The first-order valence-electron chi connectivity index (χ1n) is 5.45. The molecular formula is C12H13NO4. The molecule has 1 aliphatic rings. The summed E-state index contributed by atoms with van der Waals surface area (Å²) in [5.74, 6) is -0.375. The van der Waals surface area contributed by atoms with Crippen molar-refractivity contribution in [1.29, 1.82) is 0 Å². The summed E-state index contributed by atoms with van der Waals surface area (Å²) in [6.07, 6.45) is 0. The molecule has 1 aromatic carbocycles. The molecule has 0 atom stereocenters. The Bertz CT molecular complexity index is 615. The zero-order chi connectivity index (χ0) is 12.0. The Labute approximate surface area is 97.2 Å². The molecule has 0 unspecified atom stereocenters. The lowest BCUT2D eigenvalue weighted by atomic mass is 9.79. The average molecular weight is 235 g/mol. The second-order valence-corrected chi connectivity index (χ2v) is 4.54. The third-order valence-electron chi connectivity index (χ3n) is 3.46. The number of aromatic nitrogens is 1. The number of hydrogen-bond acceptors (Lipinski definition) is 4. The number of aliphatic hydroxyl groups is 1. The average Bonchev–Trinajstić information content (AvgIpc) is 2.55. The molecule has 2 aromatic rings. The fourth-order valence-corrected chi connectivity index (χ4v) is 2.15. The zero-order valence-electron chi connectivity index (χ0n) is 9.47. The van der Waals surface area contributed by atoms with Gasteiger partial charge in [-0.2, -0.15) is 0 Å². The molecular weight excluding hydrogens is 222 g/mol. The van der Waals surface area contributed by atoms with E-state index in [1.807, 2.05) is 12.1 Å². The van der Waals surface area contributed by atoms with Crippen LogP contribution in [0.3, 0.4) is 0 Å². The Morgan fingerprint density at radius 3 is 2.82 bits per heavy atom. The van der Waals surface area contributed by atoms with Gasteiger partial charge in [-0.05, 0) is 17.7 Å². The SMILES string of the molecule is Cn1c(=O)oc2ccc(C3(CO)COC3)cc21. The number of oxazole rings is 1. The minimum absolute atomic E-state index is 0.0459. The highest BCUT2D eigenvalue weighted by Gasteiger charge is 2.40. The molecule has 0 bridgehead atoms. The molecule has 1 fully saturated rings. The molecule has 0 aliphatic carbocycles. The summed E-state index contributed by atoms with van der Waals surface area (Å²) in [6.45, 7) is 1.08. The third kappa shape index (κ3) is 1.36. The number of hydrogen-bond donors (Lipinski definition) is 1. The van der Waals surface area contributed by atoms with E-state index in [0.717, 1.165) is 11.1 Å². The van der Waals surface area contributed by atoms with E-state index < -0.39 is 0 Å². The maximum Gasteiger partial charge on any atom is 0.419 e. The number of ether oxygens (including phenoxy) is 1. The minimum atomic E-state index is -0.375. The van der Waals surface area contributed by atoms with Gasteiger partial charge in [-0.1, -0.05) is 6.07 Å². The second-order valence-electron chi connectivity index (χ2n) is 4.54. The first-order chi connectivity index (χ1) is 8.16. The second kappa shape index (κ2) is 3.45. The lowest BCUT2D eigenvalue weighted by molar-refractivity contribution is -0.0841. The van der Waals surface area contributed by atoms with Crippen LogP contribution in [0.1, 0.15) is 5.56 Å². The Kier molecular flexibility index (Phi) is 2.14. The number of aryl methyl sites for hydroxylation is 1. The first kappa shape index (κ1) is 10.6. The van der Waals surface area contributed by atoms with Crippen LogP contribution in [0.25, 0.3) is 11.1 Å². The van der Waals surface area contributed by atoms with Gasteiger partial charge in [0.15, 0.2) is 5.58 Å². The van der Waals surface area contributed by atoms with Crippen LogP contribution in [0.15, 0.2) is 27.4 Å². The normalized spacial score (nSPS) is 18.2. The van der Waals surface area contributed by atoms with E-state index in [2.05, 4.69) is 0 Å². The summed E-state index contributed by atoms with van der Waals surface area (Å²) in [5, 5.41) is 9.46. The molecule has 90 valence electrons. The Hall–Kier alpha value is -1.59. The van der Waals surface area contributed by atoms with Crippen LogP contribution in [-0.4, -0.2) is 29.5 Å². The monoisotopic (exact) mass is 235 g/mol. The number of benzene rings is 1. The molecule has 1 aliphatic heterocycles. The lowest BCUT2D eigenvalue weighted by Crippen LogP contribution is -2.49. The highest BCUT2D eigenvalue weighted by molar-refractivity contribution is 5.74. The Morgan fingerprint density at radius 1 is 1.47 bits per heavy atom. The van der Waals surface area contributed by atoms with Crippen molar-refractivity contribution in [3.8, 4) is 0 Å². The van der Waals surface area contributed by atoms with Crippen LogP contribution in [0.2, 0.25) is 0 Å². The van der Waals surface area contributed by atoms with Crippen molar-refractivity contribution in [3.63, 3.8) is 0 Å². The standard InChI is InChI=1S/C12H13NO4/c1-13-9-4-8(12(5-14)6-16-7-12)2-3-10(9)17-11(13)15/h2-4,14H,5-7H2,1H3. The van der Waals surface area contributed by atoms with Crippen molar-refractivity contribution in [2.45, 2.75) is 5.41 Å². The largest absolute Gasteiger partial charge is 0.419 e. The smallest absolute Gasteiger partial charge is 0.408 e. The van der Waals surface area contributed by atoms with Crippen molar-refractivity contribution in [3.05, 3.63) is 34.3 Å². The fraction of sp³-hybridized carbons (Fsp3) is 0.417. The van der Waals surface area contributed by atoms with Gasteiger partial charge in [0, 0.05) is 7.05 Å². The molecule has 1 N–H and O–H groups in total. The molecule has 0 saturated carbocycles. The Morgan fingerprint density at radius 2 is 2.24 bits per heavy atom. The van der Waals surface area contributed by atoms with Crippen molar-refractivity contribution in [1.82, 2.24) is 4.57 Å². The van der Waals surface area contributed by atoms with Gasteiger partial charge in [-0.3, -0.25) is 4.57 Å². The van der Waals surface area contributed by atoms with Gasteiger partial charge in [-0.15, -0.1) is 0 Å². The van der Waals surface area contributed by atoms with Crippen molar-refractivity contribution in [2.75, 3.05) is 19.8 Å². The molecule has 1 aromatic heterocycles. The maximum absolute atomic E-state index is 11.4. The molecule has 0 radical (unpaired) electrons. The summed E-state index contributed by atoms with van der Waals surface area (Å²) in [7, 11) is 1.67. The molecule has 0 spiro atoms. The summed E-state index contributed by atoms with van der Waals surface area (Å²) in [5.41, 5.74) is 1.97. The van der Waals surface area contributed by atoms with E-state index in [-0.39, 0.29) is 17.8 Å². The quantitative estimate of drug-likeness (QED) is 0.818. The van der Waals surface area contributed by atoms with Gasteiger partial charge in [0.25, 0.3) is 0 Å². The Balaban J connectivity index is 2.19. The van der Waals surface area contributed by atoms with Gasteiger partial charge in [0.2, 0.25) is 0 Å². The predicted octanol–water partition coefficient (Wildman–Crippen LogP) is 0.392. The van der Waals surface area contributed by atoms with Crippen LogP contribution < -0.4 is 5.76 Å². The van der Waals surface area contributed by atoms with Crippen LogP contribution in [0.4, 0.5) is 0 Å². The fourth-order valence-electron chi connectivity index (χ4n) is 2.15. The topological polar surface area (TPSA) is 64.6 Å². The lowest BCUT2D eigenvalue weighted by Gasteiger charge is -2.40. The van der Waals surface area contributed by atoms with Crippen LogP contribution >= 0.6 is 0 Å². The molecule has 5 heteroatoms. The zero-order valence-corrected chi connectivity index (χ0v) is 9.47. The van der Waals surface area contributed by atoms with E-state index >= 15 is 0 Å². The summed E-state index contributed by atoms with van der Waals surface area (Å²) < 4.78 is 11.7. The number of nitrogens with zero attached hydrogens (tertiary/aromatic N) is 1. The first-order valence-corrected chi connectivity index (χ1v) is 5.45. The van der Waals surface area contributed by atoms with Gasteiger partial charge in [-0.25, -0.2) is 4.79 Å². The number of fused-ring (bicyclic) bond motifs is 1. The van der Waals surface area contributed by atoms with E-state index in [0.29, 0.717) is 18.8 Å². The molecule has 17 heavy (non-hydrogen) atoms. The van der Waals surface area contributed by atoms with Crippen molar-refractivity contribution in [2.24, 2.45) is 7.05 Å². The minimum Gasteiger partial charge on any atom is -0.408 e. The summed E-state index contributed by atoms with van der Waals surface area (Å²) >= 11 is 0. The predicted molar refractivity (Wildman–Crippen MR) is 61.0 cm³/mol. The van der Waals surface area contributed by atoms with E-state index in [1.165, 1.54) is 4.57 Å². The summed E-state index contributed by atoms with van der Waals surface area (Å²) in [6, 6.07) is 5.53. The van der Waals surface area contributed by atoms with Gasteiger partial charge < -0.3 is 14.3 Å². The van der Waals surface area contributed by atoms with Gasteiger partial charge >= 0.3 is 5.76 Å². The van der Waals surface area contributed by atoms with Gasteiger partial charge in [0.1, 0.15) is 0 Å². The highest BCUT2D eigenvalue weighted by atomic mass is 16.5. The van der Waals surface area contributed by atoms with Crippen LogP contribution in [0.5, 0.6) is 0 Å². The van der Waals surface area contributed by atoms with Crippen molar-refractivity contribution >= 4 is 11.1 Å². The highest BCUT2D eigenvalue weighted by Crippen LogP contribution is 2.33. The van der Waals surface area contributed by atoms with E-state index in [4.69, 9.17) is 9.15 Å². The van der Waals surface area contributed by atoms with Crippen molar-refractivity contribution < 1.29 is 14.3 Å². The molecule has 0 amide bonds. The van der Waals surface area contributed by atoms with Crippen LogP contribution in [0, 0.1) is 0 Å². The molecule has 5 nitrogen and oxygen atoms in total. The summed E-state index contributed by atoms with van der Waals surface area (Å²) in [4.78, 5) is 11.4. The molecule has 2 heterocycles.